The first-order valence-electron chi connectivity index (χ1n) is 8.72. The maximum Gasteiger partial charge on any atom is 0.322 e. The number of carbonyl (C=O) groups is 2. The number of rotatable bonds is 2. The maximum atomic E-state index is 11.5. The van der Waals surface area contributed by atoms with Gasteiger partial charge in [-0.25, -0.2) is 4.79 Å². The van der Waals surface area contributed by atoms with Crippen molar-refractivity contribution in [1.29, 1.82) is 0 Å². The summed E-state index contributed by atoms with van der Waals surface area (Å²) in [5.41, 5.74) is 1.67. The third-order valence-corrected chi connectivity index (χ3v) is 4.80. The first-order valence-corrected chi connectivity index (χ1v) is 8.72. The molecule has 3 amide bonds. The Bertz CT molecular complexity index is 917. The number of likely N-dealkylation sites (N-methyl/N-ethyl adjacent to an activating group) is 1. The number of amides is 3. The smallest absolute Gasteiger partial charge is 0.322 e. The van der Waals surface area contributed by atoms with Gasteiger partial charge < -0.3 is 15.1 Å². The largest absolute Gasteiger partial charge is 0.352 e. The fourth-order valence-electron chi connectivity index (χ4n) is 3.27. The minimum atomic E-state index is -0.801. The Morgan fingerprint density at radius 2 is 2.04 bits per heavy atom. The highest BCUT2D eigenvalue weighted by Gasteiger charge is 2.27. The molecular weight excluding hydrogens is 332 g/mol. The molecule has 2 aliphatic heterocycles. The van der Waals surface area contributed by atoms with Crippen LogP contribution >= 0.6 is 0 Å². The SMILES string of the molecule is CCN1CCN(c2n[nH]c3cc(C#CC4NC(=O)NC4=O)ccc23)CC1. The average molecular weight is 352 g/mol. The number of anilines is 1. The summed E-state index contributed by atoms with van der Waals surface area (Å²) in [4.78, 5) is 27.4. The van der Waals surface area contributed by atoms with E-state index in [1.165, 1.54) is 0 Å². The van der Waals surface area contributed by atoms with Crippen LogP contribution in [0.1, 0.15) is 12.5 Å². The summed E-state index contributed by atoms with van der Waals surface area (Å²) in [5.74, 6) is 6.27. The normalized spacial score (nSPS) is 20.7. The van der Waals surface area contributed by atoms with Crippen LogP contribution in [0.25, 0.3) is 10.9 Å². The van der Waals surface area contributed by atoms with Crippen molar-refractivity contribution < 1.29 is 9.59 Å². The van der Waals surface area contributed by atoms with Crippen LogP contribution in [0.2, 0.25) is 0 Å². The molecule has 0 aliphatic carbocycles. The van der Waals surface area contributed by atoms with E-state index in [-0.39, 0.29) is 0 Å². The molecule has 1 aromatic heterocycles. The minimum absolute atomic E-state index is 0.418. The van der Waals surface area contributed by atoms with E-state index in [1.54, 1.807) is 0 Å². The molecule has 1 unspecified atom stereocenters. The molecule has 0 bridgehead atoms. The fraction of sp³-hybridized carbons (Fsp3) is 0.389. The van der Waals surface area contributed by atoms with Crippen LogP contribution in [0, 0.1) is 11.8 Å². The molecule has 4 rings (SSSR count). The lowest BCUT2D eigenvalue weighted by Gasteiger charge is -2.34. The average Bonchev–Trinajstić information content (AvgIpc) is 3.22. The lowest BCUT2D eigenvalue weighted by atomic mass is 10.1. The van der Waals surface area contributed by atoms with E-state index in [9.17, 15) is 9.59 Å². The molecule has 134 valence electrons. The first-order chi connectivity index (χ1) is 12.6. The van der Waals surface area contributed by atoms with E-state index in [0.29, 0.717) is 0 Å². The quantitative estimate of drug-likeness (QED) is 0.533. The molecule has 8 nitrogen and oxygen atoms in total. The molecule has 26 heavy (non-hydrogen) atoms. The number of nitrogens with zero attached hydrogens (tertiary/aromatic N) is 3. The molecule has 0 saturated carbocycles. The highest BCUT2D eigenvalue weighted by atomic mass is 16.2. The van der Waals surface area contributed by atoms with Crippen molar-refractivity contribution in [2.24, 2.45) is 0 Å². The number of hydrogen-bond acceptors (Lipinski definition) is 5. The second-order valence-electron chi connectivity index (χ2n) is 6.39. The molecule has 1 atom stereocenters. The molecule has 3 N–H and O–H groups in total. The van der Waals surface area contributed by atoms with Gasteiger partial charge in [-0.15, -0.1) is 0 Å². The first kappa shape index (κ1) is 16.4. The molecule has 2 saturated heterocycles. The molecular formula is C18H20N6O2. The van der Waals surface area contributed by atoms with Gasteiger partial charge in [0.25, 0.3) is 5.91 Å². The number of hydrogen-bond donors (Lipinski definition) is 3. The van der Waals surface area contributed by atoms with Crippen LogP contribution in [0.15, 0.2) is 18.2 Å². The van der Waals surface area contributed by atoms with Crippen molar-refractivity contribution in [3.63, 3.8) is 0 Å². The molecule has 0 radical (unpaired) electrons. The number of fused-ring (bicyclic) bond motifs is 1. The Balaban J connectivity index is 1.53. The Labute approximate surface area is 150 Å². The van der Waals surface area contributed by atoms with Gasteiger partial charge in [-0.05, 0) is 24.7 Å². The topological polar surface area (TPSA) is 93.4 Å². The minimum Gasteiger partial charge on any atom is -0.352 e. The summed E-state index contributed by atoms with van der Waals surface area (Å²) >= 11 is 0. The van der Waals surface area contributed by atoms with Crippen molar-refractivity contribution in [2.45, 2.75) is 13.0 Å². The summed E-state index contributed by atoms with van der Waals surface area (Å²) in [6, 6.07) is 4.51. The van der Waals surface area contributed by atoms with Gasteiger partial charge in [-0.1, -0.05) is 18.8 Å². The zero-order valence-electron chi connectivity index (χ0n) is 14.5. The van der Waals surface area contributed by atoms with Crippen molar-refractivity contribution >= 4 is 28.7 Å². The van der Waals surface area contributed by atoms with Gasteiger partial charge in [-0.3, -0.25) is 15.2 Å². The number of aromatic amines is 1. The highest BCUT2D eigenvalue weighted by Crippen LogP contribution is 2.25. The third kappa shape index (κ3) is 3.09. The molecule has 8 heteroatoms. The summed E-state index contributed by atoms with van der Waals surface area (Å²) in [6.45, 7) is 7.28. The maximum absolute atomic E-state index is 11.5. The number of nitrogens with one attached hydrogen (secondary N) is 3. The third-order valence-electron chi connectivity index (χ3n) is 4.80. The molecule has 1 aromatic carbocycles. The van der Waals surface area contributed by atoms with Gasteiger partial charge in [-0.2, -0.15) is 5.10 Å². The Morgan fingerprint density at radius 1 is 1.23 bits per heavy atom. The van der Waals surface area contributed by atoms with Crippen LogP contribution in [-0.2, 0) is 4.79 Å². The molecule has 2 aliphatic rings. The fourth-order valence-corrected chi connectivity index (χ4v) is 3.27. The highest BCUT2D eigenvalue weighted by molar-refractivity contribution is 6.05. The number of benzene rings is 1. The van der Waals surface area contributed by atoms with Crippen LogP contribution < -0.4 is 15.5 Å². The monoisotopic (exact) mass is 352 g/mol. The number of H-pyrrole nitrogens is 1. The lowest BCUT2D eigenvalue weighted by Crippen LogP contribution is -2.46. The number of piperazine rings is 1. The second kappa shape index (κ2) is 6.69. The van der Waals surface area contributed by atoms with Crippen molar-refractivity contribution in [1.82, 2.24) is 25.7 Å². The van der Waals surface area contributed by atoms with Crippen LogP contribution in [-0.4, -0.2) is 65.8 Å². The Kier molecular flexibility index (Phi) is 4.22. The summed E-state index contributed by atoms with van der Waals surface area (Å²) < 4.78 is 0. The van der Waals surface area contributed by atoms with Crippen molar-refractivity contribution in [3.05, 3.63) is 23.8 Å². The second-order valence-corrected chi connectivity index (χ2v) is 6.39. The van der Waals surface area contributed by atoms with E-state index < -0.39 is 18.0 Å². The molecule has 2 aromatic rings. The zero-order valence-corrected chi connectivity index (χ0v) is 14.5. The van der Waals surface area contributed by atoms with Crippen LogP contribution in [0.5, 0.6) is 0 Å². The van der Waals surface area contributed by atoms with E-state index in [0.717, 1.165) is 55.0 Å². The van der Waals surface area contributed by atoms with Gasteiger partial charge in [0.15, 0.2) is 11.9 Å². The van der Waals surface area contributed by atoms with Gasteiger partial charge in [0, 0.05) is 37.1 Å². The van der Waals surface area contributed by atoms with Gasteiger partial charge >= 0.3 is 6.03 Å². The predicted molar refractivity (Wildman–Crippen MR) is 97.8 cm³/mol. The van der Waals surface area contributed by atoms with Crippen LogP contribution in [0.4, 0.5) is 10.6 Å². The summed E-state index contributed by atoms with van der Waals surface area (Å²) in [5, 5.41) is 13.2. The number of carbonyl (C=O) groups excluding carboxylic acids is 2. The number of aromatic nitrogens is 2. The number of imide groups is 1. The van der Waals surface area contributed by atoms with E-state index >= 15 is 0 Å². The summed E-state index contributed by atoms with van der Waals surface area (Å²) in [7, 11) is 0. The predicted octanol–water partition coefficient (Wildman–Crippen LogP) is 0.264. The summed E-state index contributed by atoms with van der Waals surface area (Å²) in [6.07, 6.45) is 0. The van der Waals surface area contributed by atoms with E-state index in [1.807, 2.05) is 18.2 Å². The van der Waals surface area contributed by atoms with E-state index in [4.69, 9.17) is 0 Å². The Morgan fingerprint density at radius 3 is 2.73 bits per heavy atom. The Hall–Kier alpha value is -3.05. The standard InChI is InChI=1S/C18H20N6O2/c1-2-23-7-9-24(10-8-23)16-13-5-3-12(11-15(13)21-22-16)4-6-14-17(25)20-18(26)19-14/h3,5,11,14H,2,7-10H2,1H3,(H,21,22)(H2,19,20,25,26). The van der Waals surface area contributed by atoms with Crippen molar-refractivity contribution in [2.75, 3.05) is 37.6 Å². The zero-order chi connectivity index (χ0) is 18.1. The van der Waals surface area contributed by atoms with Crippen molar-refractivity contribution in [3.8, 4) is 11.8 Å². The molecule has 2 fully saturated rings. The van der Waals surface area contributed by atoms with E-state index in [2.05, 4.69) is 49.4 Å². The number of urea groups is 1. The van der Waals surface area contributed by atoms with Gasteiger partial charge in [0.1, 0.15) is 0 Å². The van der Waals surface area contributed by atoms with Crippen LogP contribution in [0.3, 0.4) is 0 Å². The molecule has 3 heterocycles. The molecule has 0 spiro atoms. The van der Waals surface area contributed by atoms with Gasteiger partial charge in [0.2, 0.25) is 0 Å². The lowest BCUT2D eigenvalue weighted by molar-refractivity contribution is -0.119. The van der Waals surface area contributed by atoms with Gasteiger partial charge in [0.05, 0.1) is 5.52 Å².